The standard InChI is InChI=1S/C16H21NO4S/c18-22(19,17(13-5-6-13)12-3-1-2-4-12)14-7-8-15-16(11-14)21-10-9-20-15/h7-8,11-13H,1-6,9-10H2. The summed E-state index contributed by atoms with van der Waals surface area (Å²) in [7, 11) is -3.46. The van der Waals surface area contributed by atoms with Crippen LogP contribution in [0.4, 0.5) is 0 Å². The molecule has 5 nitrogen and oxygen atoms in total. The van der Waals surface area contributed by atoms with E-state index in [2.05, 4.69) is 0 Å². The molecule has 2 aliphatic carbocycles. The first-order valence-corrected chi connectivity index (χ1v) is 9.53. The van der Waals surface area contributed by atoms with E-state index in [4.69, 9.17) is 9.47 Å². The van der Waals surface area contributed by atoms with Gasteiger partial charge in [-0.2, -0.15) is 4.31 Å². The molecule has 0 spiro atoms. The van der Waals surface area contributed by atoms with E-state index in [0.717, 1.165) is 38.5 Å². The molecule has 6 heteroatoms. The highest BCUT2D eigenvalue weighted by Gasteiger charge is 2.43. The van der Waals surface area contributed by atoms with Gasteiger partial charge in [0.25, 0.3) is 0 Å². The maximum atomic E-state index is 13.1. The topological polar surface area (TPSA) is 55.8 Å². The predicted octanol–water partition coefficient (Wildman–Crippen LogP) is 2.55. The van der Waals surface area contributed by atoms with Crippen LogP contribution in [-0.2, 0) is 10.0 Å². The molecule has 0 saturated heterocycles. The van der Waals surface area contributed by atoms with Gasteiger partial charge in [-0.3, -0.25) is 0 Å². The highest BCUT2D eigenvalue weighted by atomic mass is 32.2. The number of rotatable bonds is 4. The van der Waals surface area contributed by atoms with E-state index in [1.165, 1.54) is 0 Å². The molecule has 1 aromatic carbocycles. The van der Waals surface area contributed by atoms with Gasteiger partial charge in [0.05, 0.1) is 4.90 Å². The summed E-state index contributed by atoms with van der Waals surface area (Å²) in [5, 5.41) is 0. The van der Waals surface area contributed by atoms with Gasteiger partial charge in [-0.05, 0) is 37.8 Å². The van der Waals surface area contributed by atoms with Crippen LogP contribution in [0.1, 0.15) is 38.5 Å². The molecule has 1 aromatic rings. The van der Waals surface area contributed by atoms with Crippen LogP contribution in [0.15, 0.2) is 23.1 Å². The third-order valence-corrected chi connectivity index (χ3v) is 6.68. The van der Waals surface area contributed by atoms with Crippen LogP contribution in [0.5, 0.6) is 11.5 Å². The lowest BCUT2D eigenvalue weighted by Crippen LogP contribution is -2.40. The van der Waals surface area contributed by atoms with Gasteiger partial charge in [0.2, 0.25) is 10.0 Å². The molecular formula is C16H21NO4S. The summed E-state index contributed by atoms with van der Waals surface area (Å²) in [6, 6.07) is 5.34. The summed E-state index contributed by atoms with van der Waals surface area (Å²) < 4.78 is 39.0. The van der Waals surface area contributed by atoms with Crippen molar-refractivity contribution in [3.63, 3.8) is 0 Å². The lowest BCUT2D eigenvalue weighted by Gasteiger charge is -2.28. The first-order valence-electron chi connectivity index (χ1n) is 8.09. The molecular weight excluding hydrogens is 302 g/mol. The fraction of sp³-hybridized carbons (Fsp3) is 0.625. The van der Waals surface area contributed by atoms with E-state index < -0.39 is 10.0 Å². The normalized spacial score (nSPS) is 22.2. The molecule has 120 valence electrons. The quantitative estimate of drug-likeness (QED) is 0.854. The second-order valence-electron chi connectivity index (χ2n) is 6.31. The van der Waals surface area contributed by atoms with Gasteiger partial charge >= 0.3 is 0 Å². The van der Waals surface area contributed by atoms with E-state index in [1.807, 2.05) is 0 Å². The van der Waals surface area contributed by atoms with Gasteiger partial charge in [0.1, 0.15) is 13.2 Å². The monoisotopic (exact) mass is 323 g/mol. The Hall–Kier alpha value is -1.27. The summed E-state index contributed by atoms with van der Waals surface area (Å²) in [6.45, 7) is 0.973. The minimum absolute atomic E-state index is 0.172. The average Bonchev–Trinajstić information content (AvgIpc) is 3.20. The third-order valence-electron chi connectivity index (χ3n) is 4.68. The number of ether oxygens (including phenoxy) is 2. The van der Waals surface area contributed by atoms with Crippen molar-refractivity contribution in [2.45, 2.75) is 55.5 Å². The largest absolute Gasteiger partial charge is 0.486 e. The molecule has 22 heavy (non-hydrogen) atoms. The van der Waals surface area contributed by atoms with Crippen molar-refractivity contribution in [2.24, 2.45) is 0 Å². The maximum Gasteiger partial charge on any atom is 0.243 e. The van der Waals surface area contributed by atoms with Crippen LogP contribution in [0.3, 0.4) is 0 Å². The summed E-state index contributed by atoms with van der Waals surface area (Å²) in [4.78, 5) is 0.329. The van der Waals surface area contributed by atoms with Crippen LogP contribution in [0, 0.1) is 0 Å². The number of nitrogens with zero attached hydrogens (tertiary/aromatic N) is 1. The summed E-state index contributed by atoms with van der Waals surface area (Å²) in [5.74, 6) is 1.17. The molecule has 4 rings (SSSR count). The van der Waals surface area contributed by atoms with E-state index in [9.17, 15) is 8.42 Å². The van der Waals surface area contributed by atoms with Crippen LogP contribution < -0.4 is 9.47 Å². The first kappa shape index (κ1) is 14.3. The zero-order valence-electron chi connectivity index (χ0n) is 12.5. The van der Waals surface area contributed by atoms with Crippen LogP contribution in [-0.4, -0.2) is 38.0 Å². The second-order valence-corrected chi connectivity index (χ2v) is 8.15. The van der Waals surface area contributed by atoms with Crippen molar-refractivity contribution in [3.05, 3.63) is 18.2 Å². The van der Waals surface area contributed by atoms with Gasteiger partial charge in [0, 0.05) is 18.2 Å². The van der Waals surface area contributed by atoms with Crippen molar-refractivity contribution in [2.75, 3.05) is 13.2 Å². The van der Waals surface area contributed by atoms with Gasteiger partial charge in [-0.1, -0.05) is 12.8 Å². The average molecular weight is 323 g/mol. The van der Waals surface area contributed by atoms with Crippen molar-refractivity contribution in [3.8, 4) is 11.5 Å². The highest BCUT2D eigenvalue weighted by molar-refractivity contribution is 7.89. The smallest absolute Gasteiger partial charge is 0.243 e. The number of benzene rings is 1. The molecule has 2 saturated carbocycles. The number of hydrogen-bond acceptors (Lipinski definition) is 4. The van der Waals surface area contributed by atoms with Gasteiger partial charge in [-0.15, -0.1) is 0 Å². The number of sulfonamides is 1. The Bertz CT molecular complexity index is 663. The molecule has 0 radical (unpaired) electrons. The molecule has 0 N–H and O–H groups in total. The number of hydrogen-bond donors (Lipinski definition) is 0. The Labute approximate surface area is 131 Å². The lowest BCUT2D eigenvalue weighted by atomic mass is 10.2. The minimum atomic E-state index is -3.46. The van der Waals surface area contributed by atoms with Crippen LogP contribution in [0.25, 0.3) is 0 Å². The minimum Gasteiger partial charge on any atom is -0.486 e. The molecule has 0 bridgehead atoms. The van der Waals surface area contributed by atoms with E-state index in [-0.39, 0.29) is 12.1 Å². The maximum absolute atomic E-state index is 13.1. The van der Waals surface area contributed by atoms with E-state index in [0.29, 0.717) is 29.6 Å². The van der Waals surface area contributed by atoms with Gasteiger partial charge < -0.3 is 9.47 Å². The van der Waals surface area contributed by atoms with E-state index in [1.54, 1.807) is 22.5 Å². The Morgan fingerprint density at radius 1 is 0.909 bits per heavy atom. The first-order chi connectivity index (χ1) is 10.7. The molecule has 0 aromatic heterocycles. The fourth-order valence-corrected chi connectivity index (χ4v) is 5.43. The second kappa shape index (κ2) is 5.42. The van der Waals surface area contributed by atoms with Gasteiger partial charge in [-0.25, -0.2) is 8.42 Å². The Morgan fingerprint density at radius 2 is 1.55 bits per heavy atom. The van der Waals surface area contributed by atoms with Crippen LogP contribution >= 0.6 is 0 Å². The summed E-state index contributed by atoms with van der Waals surface area (Å²) in [6.07, 6.45) is 6.20. The molecule has 3 aliphatic rings. The molecule has 0 atom stereocenters. The van der Waals surface area contributed by atoms with Gasteiger partial charge in [0.15, 0.2) is 11.5 Å². The molecule has 0 unspecified atom stereocenters. The van der Waals surface area contributed by atoms with E-state index >= 15 is 0 Å². The van der Waals surface area contributed by atoms with Crippen LogP contribution in [0.2, 0.25) is 0 Å². The molecule has 1 heterocycles. The Kier molecular flexibility index (Phi) is 3.53. The lowest BCUT2D eigenvalue weighted by molar-refractivity contribution is 0.171. The predicted molar refractivity (Wildman–Crippen MR) is 81.7 cm³/mol. The zero-order chi connectivity index (χ0) is 15.2. The number of fused-ring (bicyclic) bond motifs is 1. The van der Waals surface area contributed by atoms with Crippen molar-refractivity contribution >= 4 is 10.0 Å². The van der Waals surface area contributed by atoms with Crippen molar-refractivity contribution in [1.82, 2.24) is 4.31 Å². The van der Waals surface area contributed by atoms with Crippen molar-refractivity contribution < 1.29 is 17.9 Å². The molecule has 2 fully saturated rings. The zero-order valence-corrected chi connectivity index (χ0v) is 13.3. The summed E-state index contributed by atoms with van der Waals surface area (Å²) in [5.41, 5.74) is 0. The Balaban J connectivity index is 1.69. The SMILES string of the molecule is O=S(=O)(c1ccc2c(c1)OCCO2)N(C1CCCC1)C1CC1. The van der Waals surface area contributed by atoms with Crippen molar-refractivity contribution in [1.29, 1.82) is 0 Å². The Morgan fingerprint density at radius 3 is 2.23 bits per heavy atom. The summed E-state index contributed by atoms with van der Waals surface area (Å²) >= 11 is 0. The fourth-order valence-electron chi connectivity index (χ4n) is 3.48. The third kappa shape index (κ3) is 2.48. The molecule has 1 aliphatic heterocycles. The highest BCUT2D eigenvalue weighted by Crippen LogP contribution is 2.40. The molecule has 0 amide bonds.